The molecule has 0 radical (unpaired) electrons. The molecule has 1 heterocycles. The average molecular weight is 636 g/mol. The third kappa shape index (κ3) is 3.78. The first kappa shape index (κ1) is 28.1. The van der Waals surface area contributed by atoms with Crippen molar-refractivity contribution >= 4 is 27.8 Å². The maximum atomic E-state index is 6.96. The van der Waals surface area contributed by atoms with E-state index in [1.807, 2.05) is 0 Å². The lowest BCUT2D eigenvalue weighted by Crippen LogP contribution is -2.56. The summed E-state index contributed by atoms with van der Waals surface area (Å²) in [4.78, 5) is 2.46. The van der Waals surface area contributed by atoms with Gasteiger partial charge in [-0.3, -0.25) is 0 Å². The van der Waals surface area contributed by atoms with Gasteiger partial charge in [0.2, 0.25) is 0 Å². The number of nitrogens with zero attached hydrogens (tertiary/aromatic N) is 1. The van der Waals surface area contributed by atoms with Crippen LogP contribution in [0.3, 0.4) is 0 Å². The molecular weight excluding hydrogens is 595 g/mol. The monoisotopic (exact) mass is 635 g/mol. The summed E-state index contributed by atoms with van der Waals surface area (Å²) in [6.07, 6.45) is 6.90. The van der Waals surface area contributed by atoms with Crippen LogP contribution < -0.4 is 9.64 Å². The van der Waals surface area contributed by atoms with Crippen LogP contribution in [0.25, 0.3) is 21.9 Å². The highest BCUT2D eigenvalue weighted by molar-refractivity contribution is 5.91. The minimum absolute atomic E-state index is 0.0489. The summed E-state index contributed by atoms with van der Waals surface area (Å²) in [5.74, 6) is 5.30. The molecule has 4 fully saturated rings. The Bertz CT molecular complexity index is 2300. The largest absolute Gasteiger partial charge is 0.457 e. The number of ether oxygens (including phenoxy) is 1. The molecule has 0 N–H and O–H groups in total. The van der Waals surface area contributed by atoms with Crippen LogP contribution in [0.1, 0.15) is 68.2 Å². The fourth-order valence-electron chi connectivity index (χ4n) is 11.6. The van der Waals surface area contributed by atoms with E-state index in [-0.39, 0.29) is 10.8 Å². The van der Waals surface area contributed by atoms with E-state index in [0.29, 0.717) is 11.8 Å². The van der Waals surface area contributed by atoms with Crippen molar-refractivity contribution in [3.63, 3.8) is 0 Å². The van der Waals surface area contributed by atoms with Crippen LogP contribution in [0.5, 0.6) is 11.5 Å². The first-order chi connectivity index (χ1) is 24.0. The number of benzene rings is 6. The summed E-state index contributed by atoms with van der Waals surface area (Å²) in [6.45, 7) is 4.74. The lowest BCUT2D eigenvalue weighted by atomic mass is 9.42. The van der Waals surface area contributed by atoms with E-state index in [9.17, 15) is 0 Å². The molecule has 5 aliphatic carbocycles. The van der Waals surface area contributed by atoms with Gasteiger partial charge in [0.15, 0.2) is 0 Å². The van der Waals surface area contributed by atoms with Gasteiger partial charge in [-0.15, -0.1) is 0 Å². The number of para-hydroxylation sites is 1. The van der Waals surface area contributed by atoms with E-state index in [0.717, 1.165) is 34.7 Å². The van der Waals surface area contributed by atoms with Crippen molar-refractivity contribution in [2.24, 2.45) is 23.7 Å². The fraction of sp³-hybridized carbons (Fsp3) is 0.277. The van der Waals surface area contributed by atoms with E-state index in [2.05, 4.69) is 146 Å². The zero-order chi connectivity index (χ0) is 32.5. The lowest BCUT2D eigenvalue weighted by molar-refractivity contribution is -0.0452. The van der Waals surface area contributed by atoms with Crippen molar-refractivity contribution in [2.75, 3.05) is 4.90 Å². The molecule has 2 heteroatoms. The molecule has 6 aromatic rings. The maximum absolute atomic E-state index is 6.96. The third-order valence-electron chi connectivity index (χ3n) is 13.5. The molecule has 2 nitrogen and oxygen atoms in total. The highest BCUT2D eigenvalue weighted by Crippen LogP contribution is 2.69. The van der Waals surface area contributed by atoms with Crippen molar-refractivity contribution < 1.29 is 4.74 Å². The van der Waals surface area contributed by atoms with Gasteiger partial charge in [-0.25, -0.2) is 0 Å². The van der Waals surface area contributed by atoms with Crippen LogP contribution in [0.4, 0.5) is 17.1 Å². The molecular formula is C47H41NO. The molecule has 49 heavy (non-hydrogen) atoms. The van der Waals surface area contributed by atoms with Gasteiger partial charge in [0, 0.05) is 45.1 Å². The standard InChI is InChI=1S/C47H41NO/c1-46(2)40-12-6-5-11-38(40)39-19-17-36(27-43(39)46)48(35-16-15-31-9-3-4-10-32(31)26-35)37-18-20-42-45(28-37)49-44-14-8-7-13-41(44)47(42)33-22-29-21-30(24-33)25-34(47)23-29/h3-20,26-30,33-34H,21-25H2,1-2H3. The Kier molecular flexibility index (Phi) is 5.66. The summed E-state index contributed by atoms with van der Waals surface area (Å²) in [7, 11) is 0. The molecule has 0 amide bonds. The van der Waals surface area contributed by atoms with E-state index < -0.39 is 0 Å². The molecule has 1 spiro atoms. The number of fused-ring (bicyclic) bond motifs is 6. The molecule has 0 atom stereocenters. The Morgan fingerprint density at radius 2 is 1.08 bits per heavy atom. The van der Waals surface area contributed by atoms with E-state index in [1.54, 1.807) is 0 Å². The molecule has 0 saturated heterocycles. The van der Waals surface area contributed by atoms with E-state index in [4.69, 9.17) is 4.74 Å². The van der Waals surface area contributed by atoms with Crippen LogP contribution in [-0.2, 0) is 10.8 Å². The van der Waals surface area contributed by atoms with Gasteiger partial charge in [0.05, 0.1) is 0 Å². The fourth-order valence-corrected chi connectivity index (χ4v) is 11.6. The van der Waals surface area contributed by atoms with Gasteiger partial charge >= 0.3 is 0 Å². The molecule has 0 aromatic heterocycles. The Morgan fingerprint density at radius 1 is 0.490 bits per heavy atom. The summed E-state index contributed by atoms with van der Waals surface area (Å²) in [5, 5.41) is 2.50. The SMILES string of the molecule is CC1(C)c2ccccc2-c2ccc(N(c3ccc4c(c3)Oc3ccccc3C43C4CC5CC(C4)CC3C5)c3ccc4ccccc4c3)cc21. The molecule has 6 aromatic carbocycles. The Balaban J connectivity index is 1.11. The Labute approximate surface area is 289 Å². The van der Waals surface area contributed by atoms with Crippen molar-refractivity contribution in [3.05, 3.63) is 150 Å². The molecule has 12 rings (SSSR count). The molecule has 4 bridgehead atoms. The quantitative estimate of drug-likeness (QED) is 0.192. The van der Waals surface area contributed by atoms with Crippen molar-refractivity contribution in [2.45, 2.75) is 56.8 Å². The predicted octanol–water partition coefficient (Wildman–Crippen LogP) is 12.5. The van der Waals surface area contributed by atoms with E-state index in [1.165, 1.54) is 81.9 Å². The zero-order valence-corrected chi connectivity index (χ0v) is 28.3. The minimum Gasteiger partial charge on any atom is -0.457 e. The molecule has 6 aliphatic rings. The highest BCUT2D eigenvalue weighted by Gasteiger charge is 2.61. The summed E-state index contributed by atoms with van der Waals surface area (Å²) >= 11 is 0. The smallest absolute Gasteiger partial charge is 0.133 e. The summed E-state index contributed by atoms with van der Waals surface area (Å²) < 4.78 is 6.96. The second-order valence-corrected chi connectivity index (χ2v) is 16.2. The Morgan fingerprint density at radius 3 is 1.90 bits per heavy atom. The average Bonchev–Trinajstić information content (AvgIpc) is 3.35. The van der Waals surface area contributed by atoms with Gasteiger partial charge in [-0.2, -0.15) is 0 Å². The third-order valence-corrected chi connectivity index (χ3v) is 13.5. The lowest BCUT2D eigenvalue weighted by Gasteiger charge is -2.63. The van der Waals surface area contributed by atoms with Crippen LogP contribution in [0.15, 0.2) is 127 Å². The number of hydrogen-bond donors (Lipinski definition) is 0. The second kappa shape index (κ2) is 9.88. The van der Waals surface area contributed by atoms with Gasteiger partial charge in [0.25, 0.3) is 0 Å². The number of rotatable bonds is 3. The van der Waals surface area contributed by atoms with Crippen molar-refractivity contribution in [1.29, 1.82) is 0 Å². The maximum Gasteiger partial charge on any atom is 0.133 e. The van der Waals surface area contributed by atoms with Gasteiger partial charge in [-0.1, -0.05) is 98.8 Å². The van der Waals surface area contributed by atoms with Gasteiger partial charge in [0.1, 0.15) is 11.5 Å². The molecule has 4 saturated carbocycles. The summed E-state index contributed by atoms with van der Waals surface area (Å²) in [6, 6.07) is 47.8. The molecule has 0 unspecified atom stereocenters. The van der Waals surface area contributed by atoms with Crippen LogP contribution in [0, 0.1) is 23.7 Å². The normalized spacial score (nSPS) is 26.2. The Hall–Kier alpha value is -4.82. The van der Waals surface area contributed by atoms with Gasteiger partial charge in [-0.05, 0) is 125 Å². The van der Waals surface area contributed by atoms with Gasteiger partial charge < -0.3 is 9.64 Å². The van der Waals surface area contributed by atoms with Crippen molar-refractivity contribution in [1.82, 2.24) is 0 Å². The molecule has 1 aliphatic heterocycles. The minimum atomic E-state index is -0.0779. The van der Waals surface area contributed by atoms with Crippen LogP contribution in [0.2, 0.25) is 0 Å². The summed E-state index contributed by atoms with van der Waals surface area (Å²) in [5.41, 5.74) is 11.8. The zero-order valence-electron chi connectivity index (χ0n) is 28.3. The van der Waals surface area contributed by atoms with Crippen molar-refractivity contribution in [3.8, 4) is 22.6 Å². The molecule has 240 valence electrons. The van der Waals surface area contributed by atoms with E-state index >= 15 is 0 Å². The van der Waals surface area contributed by atoms with Crippen LogP contribution in [-0.4, -0.2) is 0 Å². The number of hydrogen-bond acceptors (Lipinski definition) is 2. The first-order valence-electron chi connectivity index (χ1n) is 18.4. The first-order valence-corrected chi connectivity index (χ1v) is 18.4. The van der Waals surface area contributed by atoms with Crippen LogP contribution >= 0.6 is 0 Å². The number of anilines is 3. The topological polar surface area (TPSA) is 12.5 Å². The predicted molar refractivity (Wildman–Crippen MR) is 201 cm³/mol. The highest BCUT2D eigenvalue weighted by atomic mass is 16.5. The second-order valence-electron chi connectivity index (χ2n) is 16.2.